The fourth-order valence-electron chi connectivity index (χ4n) is 2.93. The summed E-state index contributed by atoms with van der Waals surface area (Å²) < 4.78 is 41.9. The lowest BCUT2D eigenvalue weighted by atomic mass is 9.86. The van der Waals surface area contributed by atoms with Crippen molar-refractivity contribution in [1.29, 1.82) is 0 Å². The van der Waals surface area contributed by atoms with Gasteiger partial charge in [0, 0.05) is 6.54 Å². The summed E-state index contributed by atoms with van der Waals surface area (Å²) in [6.45, 7) is 4.58. The topological polar surface area (TPSA) is 50.4 Å². The number of carbonyl (C=O) groups is 1. The third-order valence-corrected chi connectivity index (χ3v) is 3.87. The van der Waals surface area contributed by atoms with Crippen LogP contribution in [0.15, 0.2) is 18.2 Å². The number of alkyl carbamates (subject to hydrolysis) is 1. The molecular formula is C18H25F3N2O2. The highest BCUT2D eigenvalue weighted by Gasteiger charge is 2.27. The van der Waals surface area contributed by atoms with Crippen LogP contribution in [0.5, 0.6) is 0 Å². The fourth-order valence-corrected chi connectivity index (χ4v) is 2.93. The number of hydrogen-bond donors (Lipinski definition) is 2. The molecule has 0 heterocycles. The number of nitrogens with one attached hydrogen (secondary N) is 2. The predicted molar refractivity (Wildman–Crippen MR) is 89.3 cm³/mol. The van der Waals surface area contributed by atoms with Crippen molar-refractivity contribution in [3.8, 4) is 0 Å². The number of hydrogen-bond acceptors (Lipinski definition) is 3. The zero-order valence-electron chi connectivity index (χ0n) is 14.8. The standard InChI is InChI=1S/C18H25F3N2O2/c1-17(2,3)25-16(24)23-15-6-4-5-13-9-12(7-8-14(13)15)10-22-11-18(19,20)21/h7-9,15,22H,4-6,10-11H2,1-3H3,(H,23,24). The zero-order chi connectivity index (χ0) is 18.7. The molecule has 4 nitrogen and oxygen atoms in total. The Hall–Kier alpha value is -1.76. The monoisotopic (exact) mass is 358 g/mol. The van der Waals surface area contributed by atoms with E-state index in [2.05, 4.69) is 10.6 Å². The molecule has 1 amide bonds. The number of aryl methyl sites for hydroxylation is 1. The minimum atomic E-state index is -4.21. The lowest BCUT2D eigenvalue weighted by Gasteiger charge is -2.28. The maximum absolute atomic E-state index is 12.2. The molecule has 0 aromatic heterocycles. The van der Waals surface area contributed by atoms with Gasteiger partial charge in [-0.3, -0.25) is 0 Å². The van der Waals surface area contributed by atoms with Gasteiger partial charge in [0.1, 0.15) is 5.60 Å². The molecule has 1 aliphatic rings. The molecule has 0 spiro atoms. The van der Waals surface area contributed by atoms with Crippen molar-refractivity contribution in [3.05, 3.63) is 34.9 Å². The molecule has 1 unspecified atom stereocenters. The van der Waals surface area contributed by atoms with E-state index in [4.69, 9.17) is 4.74 Å². The van der Waals surface area contributed by atoms with E-state index in [0.717, 1.165) is 36.0 Å². The summed E-state index contributed by atoms with van der Waals surface area (Å²) in [6.07, 6.45) is -2.09. The summed E-state index contributed by atoms with van der Waals surface area (Å²) in [5, 5.41) is 5.29. The second kappa shape index (κ2) is 7.64. The largest absolute Gasteiger partial charge is 0.444 e. The highest BCUT2D eigenvalue weighted by atomic mass is 19.4. The molecule has 0 radical (unpaired) electrons. The van der Waals surface area contributed by atoms with Crippen LogP contribution in [-0.2, 0) is 17.7 Å². The molecule has 2 N–H and O–H groups in total. The van der Waals surface area contributed by atoms with Gasteiger partial charge in [-0.25, -0.2) is 4.79 Å². The molecule has 1 atom stereocenters. The molecule has 0 aliphatic heterocycles. The lowest BCUT2D eigenvalue weighted by Crippen LogP contribution is -2.36. The molecular weight excluding hydrogens is 333 g/mol. The smallest absolute Gasteiger partial charge is 0.408 e. The minimum absolute atomic E-state index is 0.129. The Balaban J connectivity index is 2.00. The average Bonchev–Trinajstić information content (AvgIpc) is 2.44. The average molecular weight is 358 g/mol. The molecule has 0 saturated heterocycles. The summed E-state index contributed by atoms with van der Waals surface area (Å²) in [4.78, 5) is 12.0. The third-order valence-electron chi connectivity index (χ3n) is 3.87. The fraction of sp³-hybridized carbons (Fsp3) is 0.611. The number of ether oxygens (including phenoxy) is 1. The van der Waals surface area contributed by atoms with Gasteiger partial charge < -0.3 is 15.4 Å². The number of benzene rings is 1. The molecule has 1 aromatic rings. The van der Waals surface area contributed by atoms with Gasteiger partial charge in [-0.2, -0.15) is 13.2 Å². The Morgan fingerprint density at radius 3 is 2.64 bits per heavy atom. The van der Waals surface area contributed by atoms with Gasteiger partial charge >= 0.3 is 12.3 Å². The summed E-state index contributed by atoms with van der Waals surface area (Å²) in [5.74, 6) is 0. The highest BCUT2D eigenvalue weighted by molar-refractivity contribution is 5.68. The van der Waals surface area contributed by atoms with Crippen molar-refractivity contribution in [2.24, 2.45) is 0 Å². The quantitative estimate of drug-likeness (QED) is 0.846. The lowest BCUT2D eigenvalue weighted by molar-refractivity contribution is -0.125. The SMILES string of the molecule is CC(C)(C)OC(=O)NC1CCCc2cc(CNCC(F)(F)F)ccc21. The second-order valence-corrected chi connectivity index (χ2v) is 7.34. The zero-order valence-corrected chi connectivity index (χ0v) is 14.8. The van der Waals surface area contributed by atoms with Crippen molar-refractivity contribution in [3.63, 3.8) is 0 Å². The molecule has 140 valence electrons. The number of alkyl halides is 3. The van der Waals surface area contributed by atoms with Gasteiger partial charge in [0.15, 0.2) is 0 Å². The maximum atomic E-state index is 12.2. The molecule has 0 bridgehead atoms. The van der Waals surface area contributed by atoms with Crippen molar-refractivity contribution in [1.82, 2.24) is 10.6 Å². The van der Waals surface area contributed by atoms with E-state index in [-0.39, 0.29) is 12.6 Å². The normalized spacial score (nSPS) is 17.8. The third kappa shape index (κ3) is 6.57. The van der Waals surface area contributed by atoms with Gasteiger partial charge in [-0.15, -0.1) is 0 Å². The Labute approximate surface area is 146 Å². The number of halogens is 3. The van der Waals surface area contributed by atoms with E-state index >= 15 is 0 Å². The van der Waals surface area contributed by atoms with Gasteiger partial charge in [-0.05, 0) is 56.7 Å². The molecule has 1 aliphatic carbocycles. The van der Waals surface area contributed by atoms with E-state index in [1.54, 1.807) is 6.07 Å². The summed E-state index contributed by atoms with van der Waals surface area (Å²) in [7, 11) is 0. The number of rotatable bonds is 4. The summed E-state index contributed by atoms with van der Waals surface area (Å²) >= 11 is 0. The van der Waals surface area contributed by atoms with Gasteiger partial charge in [0.25, 0.3) is 0 Å². The van der Waals surface area contributed by atoms with Gasteiger partial charge in [0.2, 0.25) is 0 Å². The Morgan fingerprint density at radius 2 is 2.00 bits per heavy atom. The number of amides is 1. The van der Waals surface area contributed by atoms with Crippen molar-refractivity contribution < 1.29 is 22.7 Å². The highest BCUT2D eigenvalue weighted by Crippen LogP contribution is 2.30. The first-order valence-electron chi connectivity index (χ1n) is 8.42. The predicted octanol–water partition coefficient (Wildman–Crippen LogP) is 4.24. The Kier molecular flexibility index (Phi) is 5.98. The molecule has 2 rings (SSSR count). The van der Waals surface area contributed by atoms with Crippen LogP contribution in [0.1, 0.15) is 56.3 Å². The van der Waals surface area contributed by atoms with Crippen LogP contribution in [0.2, 0.25) is 0 Å². The van der Waals surface area contributed by atoms with Crippen LogP contribution >= 0.6 is 0 Å². The van der Waals surface area contributed by atoms with Crippen LogP contribution < -0.4 is 10.6 Å². The second-order valence-electron chi connectivity index (χ2n) is 7.34. The first-order valence-corrected chi connectivity index (χ1v) is 8.42. The van der Waals surface area contributed by atoms with E-state index < -0.39 is 24.4 Å². The van der Waals surface area contributed by atoms with Crippen LogP contribution in [0.25, 0.3) is 0 Å². The van der Waals surface area contributed by atoms with E-state index in [9.17, 15) is 18.0 Å². The molecule has 7 heteroatoms. The van der Waals surface area contributed by atoms with Crippen molar-refractivity contribution >= 4 is 6.09 Å². The minimum Gasteiger partial charge on any atom is -0.444 e. The first-order chi connectivity index (χ1) is 11.5. The molecule has 0 fully saturated rings. The molecule has 25 heavy (non-hydrogen) atoms. The Bertz CT molecular complexity index is 609. The summed E-state index contributed by atoms with van der Waals surface area (Å²) in [6, 6.07) is 5.48. The van der Waals surface area contributed by atoms with Crippen molar-refractivity contribution in [2.45, 2.75) is 64.4 Å². The van der Waals surface area contributed by atoms with Crippen molar-refractivity contribution in [2.75, 3.05) is 6.54 Å². The number of fused-ring (bicyclic) bond motifs is 1. The van der Waals surface area contributed by atoms with E-state index in [1.807, 2.05) is 32.9 Å². The van der Waals surface area contributed by atoms with E-state index in [0.29, 0.717) is 0 Å². The van der Waals surface area contributed by atoms with Crippen LogP contribution in [0, 0.1) is 0 Å². The van der Waals surface area contributed by atoms with E-state index in [1.165, 1.54) is 0 Å². The van der Waals surface area contributed by atoms with Crippen LogP contribution in [-0.4, -0.2) is 24.4 Å². The number of carbonyl (C=O) groups excluding carboxylic acids is 1. The molecule has 0 saturated carbocycles. The van der Waals surface area contributed by atoms with Crippen LogP contribution in [0.3, 0.4) is 0 Å². The molecule has 1 aromatic carbocycles. The maximum Gasteiger partial charge on any atom is 0.408 e. The van der Waals surface area contributed by atoms with Gasteiger partial charge in [-0.1, -0.05) is 18.2 Å². The Morgan fingerprint density at radius 1 is 1.28 bits per heavy atom. The first kappa shape index (κ1) is 19.6. The van der Waals surface area contributed by atoms with Gasteiger partial charge in [0.05, 0.1) is 12.6 Å². The van der Waals surface area contributed by atoms with Crippen LogP contribution in [0.4, 0.5) is 18.0 Å². The summed E-state index contributed by atoms with van der Waals surface area (Å²) in [5.41, 5.74) is 2.33.